The highest BCUT2D eigenvalue weighted by Gasteiger charge is 2.60. The molecule has 1 N–H and O–H groups in total. The molecule has 4 rings (SSSR count). The van der Waals surface area contributed by atoms with Crippen molar-refractivity contribution in [2.24, 2.45) is 5.92 Å². The zero-order valence-electron chi connectivity index (χ0n) is 18.7. The zero-order chi connectivity index (χ0) is 23.1. The van der Waals surface area contributed by atoms with Gasteiger partial charge in [-0.15, -0.1) is 0 Å². The number of rotatable bonds is 7. The van der Waals surface area contributed by atoms with Gasteiger partial charge < -0.3 is 9.47 Å². The van der Waals surface area contributed by atoms with Crippen molar-refractivity contribution in [1.82, 2.24) is 19.6 Å². The van der Waals surface area contributed by atoms with E-state index in [0.717, 1.165) is 25.7 Å². The number of aromatic nitrogens is 2. The molecule has 11 heteroatoms. The second kappa shape index (κ2) is 8.83. The van der Waals surface area contributed by atoms with Crippen molar-refractivity contribution in [3.63, 3.8) is 0 Å². The summed E-state index contributed by atoms with van der Waals surface area (Å²) in [6.45, 7) is 3.69. The summed E-state index contributed by atoms with van der Waals surface area (Å²) in [6.07, 6.45) is 5.94. The summed E-state index contributed by atoms with van der Waals surface area (Å²) in [5.41, 5.74) is -0.0766. The van der Waals surface area contributed by atoms with Crippen LogP contribution in [0.5, 0.6) is 0 Å². The molecule has 3 fully saturated rings. The molecule has 0 bridgehead atoms. The first-order chi connectivity index (χ1) is 15.2. The number of carbonyl (C=O) groups excluding carboxylic acids is 1. The molecule has 32 heavy (non-hydrogen) atoms. The lowest BCUT2D eigenvalue weighted by Crippen LogP contribution is -2.50. The third kappa shape index (κ3) is 4.47. The second-order valence-electron chi connectivity index (χ2n) is 9.17. The summed E-state index contributed by atoms with van der Waals surface area (Å²) >= 11 is 0. The fourth-order valence-electron chi connectivity index (χ4n) is 5.41. The number of fused-ring (bicyclic) bond motifs is 1. The van der Waals surface area contributed by atoms with Crippen molar-refractivity contribution < 1.29 is 27.1 Å². The number of amides is 1. The fraction of sp³-hybridized carbons (Fsp3) is 0.762. The Morgan fingerprint density at radius 1 is 1.34 bits per heavy atom. The molecular weight excluding hydrogens is 439 g/mol. The number of halogens is 1. The van der Waals surface area contributed by atoms with Crippen LogP contribution in [0.15, 0.2) is 12.4 Å². The molecule has 1 amide bonds. The van der Waals surface area contributed by atoms with Crippen molar-refractivity contribution in [1.29, 1.82) is 0 Å². The summed E-state index contributed by atoms with van der Waals surface area (Å²) in [4.78, 5) is 22.4. The Morgan fingerprint density at radius 2 is 2.06 bits per heavy atom. The van der Waals surface area contributed by atoms with E-state index in [1.807, 2.05) is 6.92 Å². The van der Waals surface area contributed by atoms with Gasteiger partial charge in [0.25, 0.3) is 0 Å². The predicted molar refractivity (Wildman–Crippen MR) is 114 cm³/mol. The maximum absolute atomic E-state index is 13.2. The van der Waals surface area contributed by atoms with E-state index in [2.05, 4.69) is 14.7 Å². The average molecular weight is 471 g/mol. The number of hydrogen-bond acceptors (Lipinski definition) is 7. The molecule has 2 aliphatic carbocycles. The van der Waals surface area contributed by atoms with Crippen molar-refractivity contribution in [3.05, 3.63) is 24.0 Å². The van der Waals surface area contributed by atoms with Gasteiger partial charge in [-0.05, 0) is 51.9 Å². The molecule has 0 radical (unpaired) electrons. The van der Waals surface area contributed by atoms with Gasteiger partial charge in [-0.2, -0.15) is 0 Å². The normalized spacial score (nSPS) is 34.2. The van der Waals surface area contributed by atoms with Gasteiger partial charge in [0.2, 0.25) is 10.0 Å². The third-order valence-corrected chi connectivity index (χ3v) is 8.67. The van der Waals surface area contributed by atoms with Crippen LogP contribution < -0.4 is 4.72 Å². The molecule has 3 aliphatic rings. The maximum Gasteiger partial charge on any atom is 0.410 e. The van der Waals surface area contributed by atoms with Gasteiger partial charge in [0.1, 0.15) is 5.82 Å². The minimum Gasteiger partial charge on any atom is -0.453 e. The van der Waals surface area contributed by atoms with Gasteiger partial charge in [-0.25, -0.2) is 32.3 Å². The second-order valence-corrected chi connectivity index (χ2v) is 11.2. The molecule has 178 valence electrons. The van der Waals surface area contributed by atoms with Crippen LogP contribution in [0.3, 0.4) is 0 Å². The smallest absolute Gasteiger partial charge is 0.410 e. The van der Waals surface area contributed by atoms with E-state index < -0.39 is 34.0 Å². The molecule has 0 unspecified atom stereocenters. The molecule has 2 heterocycles. The summed E-state index contributed by atoms with van der Waals surface area (Å²) in [5, 5.41) is 0. The Labute approximate surface area is 188 Å². The monoisotopic (exact) mass is 470 g/mol. The summed E-state index contributed by atoms with van der Waals surface area (Å²) in [5.74, 6) is 0.633. The molecule has 2 saturated carbocycles. The Morgan fingerprint density at radius 3 is 2.69 bits per heavy atom. The zero-order valence-corrected chi connectivity index (χ0v) is 19.5. The average Bonchev–Trinajstić information content (AvgIpc) is 3.42. The van der Waals surface area contributed by atoms with Gasteiger partial charge in [-0.3, -0.25) is 4.90 Å². The number of likely N-dealkylation sites (tertiary alicyclic amines) is 1. The van der Waals surface area contributed by atoms with Crippen LogP contribution in [0, 0.1) is 11.7 Å². The van der Waals surface area contributed by atoms with Crippen molar-refractivity contribution in [2.75, 3.05) is 19.5 Å². The first-order valence-corrected chi connectivity index (χ1v) is 12.8. The number of ether oxygens (including phenoxy) is 2. The lowest BCUT2D eigenvalue weighted by atomic mass is 9.86. The topological polar surface area (TPSA) is 111 Å². The largest absolute Gasteiger partial charge is 0.453 e. The van der Waals surface area contributed by atoms with Crippen molar-refractivity contribution >= 4 is 16.1 Å². The first-order valence-electron chi connectivity index (χ1n) is 11.1. The fourth-order valence-corrected chi connectivity index (χ4v) is 6.29. The van der Waals surface area contributed by atoms with Crippen LogP contribution in [0.25, 0.3) is 0 Å². The summed E-state index contributed by atoms with van der Waals surface area (Å²) < 4.78 is 51.4. The Balaban J connectivity index is 1.40. The SMILES string of the molecule is CCS(=O)(=O)N[C@H]1C[C@@H](C)N(C(=O)OC)[C@H]1CO[C@@H]1CC[C@]2(c3ncc(F)cn3)C[C@@H]2C1. The van der Waals surface area contributed by atoms with Gasteiger partial charge in [0.15, 0.2) is 5.82 Å². The van der Waals surface area contributed by atoms with Crippen LogP contribution in [-0.4, -0.2) is 73.1 Å². The molecule has 1 aliphatic heterocycles. The van der Waals surface area contributed by atoms with E-state index >= 15 is 0 Å². The molecule has 1 aromatic rings. The van der Waals surface area contributed by atoms with E-state index in [1.165, 1.54) is 19.5 Å². The molecular formula is C21H31FN4O5S. The van der Waals surface area contributed by atoms with E-state index in [-0.39, 0.29) is 29.9 Å². The third-order valence-electron chi connectivity index (χ3n) is 7.25. The molecule has 0 spiro atoms. The molecule has 1 saturated heterocycles. The highest BCUT2D eigenvalue weighted by atomic mass is 32.2. The number of nitrogens with one attached hydrogen (secondary N) is 1. The number of hydrogen-bond donors (Lipinski definition) is 1. The molecule has 1 aromatic heterocycles. The Kier molecular flexibility index (Phi) is 6.43. The van der Waals surface area contributed by atoms with Gasteiger partial charge in [-0.1, -0.05) is 0 Å². The first kappa shape index (κ1) is 23.3. The standard InChI is InChI=1S/C21H31FN4O5S/c1-4-32(28,29)25-17-7-13(2)26(20(27)30-3)18(17)12-31-16-5-6-21(9-14(21)8-16)19-23-10-15(22)11-24-19/h10-11,13-14,16-18,25H,4-9,12H2,1-3H3/t13-,14+,16-,17+,18+,21+/m1/s1. The quantitative estimate of drug-likeness (QED) is 0.649. The Hall–Kier alpha value is -1.85. The Bertz CT molecular complexity index is 946. The van der Waals surface area contributed by atoms with Gasteiger partial charge in [0, 0.05) is 17.5 Å². The van der Waals surface area contributed by atoms with E-state index in [4.69, 9.17) is 9.47 Å². The summed E-state index contributed by atoms with van der Waals surface area (Å²) in [6, 6.07) is -1.03. The van der Waals surface area contributed by atoms with Gasteiger partial charge >= 0.3 is 6.09 Å². The van der Waals surface area contributed by atoms with Gasteiger partial charge in [0.05, 0.1) is 44.0 Å². The number of carbonyl (C=O) groups is 1. The van der Waals surface area contributed by atoms with Crippen molar-refractivity contribution in [2.45, 2.75) is 75.6 Å². The van der Waals surface area contributed by atoms with Crippen molar-refractivity contribution in [3.8, 4) is 0 Å². The van der Waals surface area contributed by atoms with Crippen LogP contribution >= 0.6 is 0 Å². The van der Waals surface area contributed by atoms with Crippen LogP contribution in [0.1, 0.15) is 51.8 Å². The van der Waals surface area contributed by atoms with Crippen LogP contribution in [-0.2, 0) is 24.9 Å². The molecule has 6 atom stereocenters. The number of sulfonamides is 1. The lowest BCUT2D eigenvalue weighted by molar-refractivity contribution is -0.0103. The van der Waals surface area contributed by atoms with Crippen LogP contribution in [0.4, 0.5) is 9.18 Å². The number of methoxy groups -OCH3 is 1. The summed E-state index contributed by atoms with van der Waals surface area (Å²) in [7, 11) is -2.11. The predicted octanol–water partition coefficient (Wildman–Crippen LogP) is 1.98. The number of nitrogens with zero attached hydrogens (tertiary/aromatic N) is 3. The van der Waals surface area contributed by atoms with Crippen LogP contribution in [0.2, 0.25) is 0 Å². The molecule has 9 nitrogen and oxygen atoms in total. The van der Waals surface area contributed by atoms with E-state index in [9.17, 15) is 17.6 Å². The van der Waals surface area contributed by atoms with E-state index in [1.54, 1.807) is 11.8 Å². The van der Waals surface area contributed by atoms with E-state index in [0.29, 0.717) is 18.2 Å². The highest BCUT2D eigenvalue weighted by molar-refractivity contribution is 7.89. The minimum atomic E-state index is -3.43. The highest BCUT2D eigenvalue weighted by Crippen LogP contribution is 2.61. The molecule has 0 aromatic carbocycles. The minimum absolute atomic E-state index is 0.00917. The maximum atomic E-state index is 13.2. The lowest BCUT2D eigenvalue weighted by Gasteiger charge is -2.32.